The molecule has 0 aliphatic carbocycles. The second-order valence-electron chi connectivity index (χ2n) is 3.89. The van der Waals surface area contributed by atoms with Crippen LogP contribution in [-0.4, -0.2) is 18.7 Å². The van der Waals surface area contributed by atoms with Crippen molar-refractivity contribution in [3.8, 4) is 18.1 Å². The zero-order valence-corrected chi connectivity index (χ0v) is 11.5. The van der Waals surface area contributed by atoms with Gasteiger partial charge >= 0.3 is 5.97 Å². The van der Waals surface area contributed by atoms with Crippen molar-refractivity contribution in [1.82, 2.24) is 0 Å². The second kappa shape index (κ2) is 5.24. The molecule has 1 rings (SSSR count). The van der Waals surface area contributed by atoms with Gasteiger partial charge in [0.15, 0.2) is 5.60 Å². The first kappa shape index (κ1) is 13.6. The first-order valence-electron chi connectivity index (χ1n) is 4.94. The minimum Gasteiger partial charge on any atom is -0.474 e. The molecule has 0 unspecified atom stereocenters. The Kier molecular flexibility index (Phi) is 4.19. The van der Waals surface area contributed by atoms with Gasteiger partial charge in [-0.1, -0.05) is 5.92 Å². The van der Waals surface area contributed by atoms with Gasteiger partial charge in [0.25, 0.3) is 0 Å². The number of esters is 1. The van der Waals surface area contributed by atoms with E-state index in [1.54, 1.807) is 32.0 Å². The molecule has 0 amide bonds. The number of hydrogen-bond acceptors (Lipinski definition) is 3. The molecule has 0 bridgehead atoms. The van der Waals surface area contributed by atoms with Crippen LogP contribution < -0.4 is 4.74 Å². The summed E-state index contributed by atoms with van der Waals surface area (Å²) in [5.74, 6) is 2.61. The van der Waals surface area contributed by atoms with E-state index < -0.39 is 11.6 Å². The molecule has 17 heavy (non-hydrogen) atoms. The molecule has 0 N–H and O–H groups in total. The number of rotatable bonds is 3. The highest BCUT2D eigenvalue weighted by molar-refractivity contribution is 9.10. The fourth-order valence-electron chi connectivity index (χ4n) is 1.13. The van der Waals surface area contributed by atoms with Gasteiger partial charge in [-0.05, 0) is 48.0 Å². The first-order valence-corrected chi connectivity index (χ1v) is 5.73. The molecule has 0 aromatic heterocycles. The Bertz CT molecular complexity index is 472. The maximum atomic E-state index is 11.4. The van der Waals surface area contributed by atoms with Gasteiger partial charge in [-0.3, -0.25) is 0 Å². The van der Waals surface area contributed by atoms with E-state index in [0.717, 1.165) is 4.47 Å². The summed E-state index contributed by atoms with van der Waals surface area (Å²) in [7, 11) is 1.33. The average molecular weight is 297 g/mol. The topological polar surface area (TPSA) is 35.5 Å². The summed E-state index contributed by atoms with van der Waals surface area (Å²) in [5.41, 5.74) is -0.324. The number of halogens is 1. The van der Waals surface area contributed by atoms with Crippen molar-refractivity contribution in [1.29, 1.82) is 0 Å². The van der Waals surface area contributed by atoms with Gasteiger partial charge in [-0.25, -0.2) is 4.79 Å². The Morgan fingerprint density at radius 3 is 2.65 bits per heavy atom. The van der Waals surface area contributed by atoms with E-state index in [0.29, 0.717) is 11.3 Å². The zero-order chi connectivity index (χ0) is 13.1. The molecule has 1 aromatic rings. The Balaban J connectivity index is 3.08. The molecule has 0 aliphatic heterocycles. The van der Waals surface area contributed by atoms with E-state index >= 15 is 0 Å². The predicted octanol–water partition coefficient (Wildman–Crippen LogP) is 3.03. The molecular weight excluding hydrogens is 284 g/mol. The Morgan fingerprint density at radius 2 is 2.12 bits per heavy atom. The Hall–Kier alpha value is -1.47. The van der Waals surface area contributed by atoms with Gasteiger partial charge in [0.05, 0.1) is 17.1 Å². The van der Waals surface area contributed by atoms with Crippen molar-refractivity contribution in [3.05, 3.63) is 28.2 Å². The molecule has 0 heterocycles. The highest BCUT2D eigenvalue weighted by Crippen LogP contribution is 2.29. The van der Waals surface area contributed by atoms with Gasteiger partial charge in [-0.2, -0.15) is 0 Å². The fourth-order valence-corrected chi connectivity index (χ4v) is 1.46. The van der Waals surface area contributed by atoms with Crippen molar-refractivity contribution >= 4 is 21.9 Å². The number of benzene rings is 1. The summed E-state index contributed by atoms with van der Waals surface area (Å²) in [4.78, 5) is 11.4. The van der Waals surface area contributed by atoms with Crippen molar-refractivity contribution in [2.45, 2.75) is 19.4 Å². The summed E-state index contributed by atoms with van der Waals surface area (Å²) in [6.07, 6.45) is 5.35. The molecule has 0 atom stereocenters. The lowest BCUT2D eigenvalue weighted by Gasteiger charge is -2.21. The maximum Gasteiger partial charge on any atom is 0.337 e. The summed E-state index contributed by atoms with van der Waals surface area (Å²) in [5, 5.41) is 0. The van der Waals surface area contributed by atoms with E-state index in [1.807, 2.05) is 0 Å². The van der Waals surface area contributed by atoms with Crippen LogP contribution in [0.4, 0.5) is 0 Å². The Labute approximate surface area is 109 Å². The van der Waals surface area contributed by atoms with Crippen LogP contribution in [0.15, 0.2) is 22.7 Å². The van der Waals surface area contributed by atoms with Gasteiger partial charge in [-0.15, -0.1) is 6.42 Å². The lowest BCUT2D eigenvalue weighted by atomic mass is 10.1. The standard InChI is InChI=1S/C13H13BrO3/c1-5-13(2,3)17-11-8-9(12(15)16-4)6-7-10(11)14/h1,6-8H,2-4H3. The molecule has 0 spiro atoms. The van der Waals surface area contributed by atoms with Gasteiger partial charge in [0.1, 0.15) is 5.75 Å². The van der Waals surface area contributed by atoms with Crippen LogP contribution in [0.3, 0.4) is 0 Å². The highest BCUT2D eigenvalue weighted by atomic mass is 79.9. The molecule has 0 fully saturated rings. The van der Waals surface area contributed by atoms with E-state index in [1.165, 1.54) is 7.11 Å². The van der Waals surface area contributed by atoms with Crippen LogP contribution in [0.1, 0.15) is 24.2 Å². The van der Waals surface area contributed by atoms with Crippen LogP contribution in [0.5, 0.6) is 5.75 Å². The molecular formula is C13H13BrO3. The number of ether oxygens (including phenoxy) is 2. The van der Waals surface area contributed by atoms with E-state index in [-0.39, 0.29) is 0 Å². The second-order valence-corrected chi connectivity index (χ2v) is 4.75. The van der Waals surface area contributed by atoms with Crippen molar-refractivity contribution in [2.75, 3.05) is 7.11 Å². The van der Waals surface area contributed by atoms with Crippen LogP contribution in [-0.2, 0) is 4.74 Å². The van der Waals surface area contributed by atoms with E-state index in [2.05, 4.69) is 26.6 Å². The Morgan fingerprint density at radius 1 is 1.47 bits per heavy atom. The molecule has 0 aliphatic rings. The molecule has 0 saturated heterocycles. The quantitative estimate of drug-likeness (QED) is 0.635. The molecule has 4 heteroatoms. The van der Waals surface area contributed by atoms with Gasteiger partial charge in [0, 0.05) is 0 Å². The molecule has 0 saturated carbocycles. The summed E-state index contributed by atoms with van der Waals surface area (Å²) in [6.45, 7) is 3.54. The van der Waals surface area contributed by atoms with Crippen LogP contribution >= 0.6 is 15.9 Å². The van der Waals surface area contributed by atoms with E-state index in [9.17, 15) is 4.79 Å². The van der Waals surface area contributed by atoms with Crippen molar-refractivity contribution in [3.63, 3.8) is 0 Å². The van der Waals surface area contributed by atoms with Gasteiger partial charge < -0.3 is 9.47 Å². The predicted molar refractivity (Wildman–Crippen MR) is 69.0 cm³/mol. The summed E-state index contributed by atoms with van der Waals surface area (Å²) in [6, 6.07) is 4.95. The lowest BCUT2D eigenvalue weighted by Crippen LogP contribution is -2.25. The van der Waals surface area contributed by atoms with E-state index in [4.69, 9.17) is 11.2 Å². The average Bonchev–Trinajstić information content (AvgIpc) is 2.30. The monoisotopic (exact) mass is 296 g/mol. The number of carbonyl (C=O) groups is 1. The highest BCUT2D eigenvalue weighted by Gasteiger charge is 2.18. The van der Waals surface area contributed by atoms with Crippen LogP contribution in [0.25, 0.3) is 0 Å². The lowest BCUT2D eigenvalue weighted by molar-refractivity contribution is 0.0599. The van der Waals surface area contributed by atoms with Crippen molar-refractivity contribution in [2.24, 2.45) is 0 Å². The number of terminal acetylenes is 1. The molecule has 1 aromatic carbocycles. The third-order valence-electron chi connectivity index (χ3n) is 2.07. The number of carbonyl (C=O) groups excluding carboxylic acids is 1. The smallest absolute Gasteiger partial charge is 0.337 e. The third kappa shape index (κ3) is 3.50. The first-order chi connectivity index (χ1) is 7.89. The normalized spacial score (nSPS) is 10.5. The number of hydrogen-bond donors (Lipinski definition) is 0. The third-order valence-corrected chi connectivity index (χ3v) is 2.72. The van der Waals surface area contributed by atoms with Gasteiger partial charge in [0.2, 0.25) is 0 Å². The molecule has 3 nitrogen and oxygen atoms in total. The molecule has 0 radical (unpaired) electrons. The SMILES string of the molecule is C#CC(C)(C)Oc1cc(C(=O)OC)ccc1Br. The summed E-state index contributed by atoms with van der Waals surface area (Å²) >= 11 is 3.34. The molecule has 90 valence electrons. The number of methoxy groups -OCH3 is 1. The summed E-state index contributed by atoms with van der Waals surface area (Å²) < 4.78 is 11.0. The minimum atomic E-state index is -0.739. The fraction of sp³-hybridized carbons (Fsp3) is 0.308. The maximum absolute atomic E-state index is 11.4. The zero-order valence-electron chi connectivity index (χ0n) is 9.91. The van der Waals surface area contributed by atoms with Crippen LogP contribution in [0, 0.1) is 12.3 Å². The largest absolute Gasteiger partial charge is 0.474 e. The van der Waals surface area contributed by atoms with Crippen molar-refractivity contribution < 1.29 is 14.3 Å². The van der Waals surface area contributed by atoms with Crippen LogP contribution in [0.2, 0.25) is 0 Å². The minimum absolute atomic E-state index is 0.415.